The van der Waals surface area contributed by atoms with Crippen LogP contribution < -0.4 is 15.0 Å². The van der Waals surface area contributed by atoms with Crippen molar-refractivity contribution in [3.05, 3.63) is 52.0 Å². The Kier molecular flexibility index (Phi) is 6.76. The van der Waals surface area contributed by atoms with E-state index in [-0.39, 0.29) is 18.9 Å². The number of esters is 1. The van der Waals surface area contributed by atoms with Crippen molar-refractivity contribution in [1.82, 2.24) is 0 Å². The molecule has 1 aliphatic heterocycles. The van der Waals surface area contributed by atoms with Gasteiger partial charge >= 0.3 is 5.97 Å². The molecule has 1 fully saturated rings. The first kappa shape index (κ1) is 21.1. The number of carbonyl (C=O) groups is 3. The van der Waals surface area contributed by atoms with Gasteiger partial charge in [0.1, 0.15) is 5.75 Å². The van der Waals surface area contributed by atoms with Gasteiger partial charge in [-0.15, -0.1) is 0 Å². The fourth-order valence-corrected chi connectivity index (χ4v) is 3.40. The summed E-state index contributed by atoms with van der Waals surface area (Å²) in [5, 5.41) is 3.04. The van der Waals surface area contributed by atoms with Gasteiger partial charge in [-0.1, -0.05) is 23.7 Å². The highest BCUT2D eigenvalue weighted by Gasteiger charge is 2.37. The highest BCUT2D eigenvalue weighted by Crippen LogP contribution is 2.33. The van der Waals surface area contributed by atoms with Crippen molar-refractivity contribution in [1.29, 1.82) is 0 Å². The number of anilines is 2. The zero-order valence-corrected chi connectivity index (χ0v) is 17.8. The van der Waals surface area contributed by atoms with Crippen LogP contribution in [0.15, 0.2) is 46.9 Å². The second kappa shape index (κ2) is 9.28. The SMILES string of the molecule is COc1ccccc1N1C[C@H](C(=O)OCC(=O)Nc2ccc(Br)c(Cl)c2)CC1=O. The number of rotatable bonds is 6. The molecule has 0 radical (unpaired) electrons. The molecule has 0 bridgehead atoms. The van der Waals surface area contributed by atoms with Gasteiger partial charge in [0.2, 0.25) is 5.91 Å². The monoisotopic (exact) mass is 480 g/mol. The molecular weight excluding hydrogens is 464 g/mol. The van der Waals surface area contributed by atoms with Crippen molar-refractivity contribution in [3.8, 4) is 5.75 Å². The number of carbonyl (C=O) groups excluding carboxylic acids is 3. The lowest BCUT2D eigenvalue weighted by molar-refractivity contribution is -0.151. The number of ether oxygens (including phenoxy) is 2. The van der Waals surface area contributed by atoms with Gasteiger partial charge < -0.3 is 19.7 Å². The Morgan fingerprint density at radius 2 is 2.03 bits per heavy atom. The highest BCUT2D eigenvalue weighted by molar-refractivity contribution is 9.10. The third kappa shape index (κ3) is 5.07. The first-order chi connectivity index (χ1) is 13.9. The van der Waals surface area contributed by atoms with E-state index in [1.54, 1.807) is 42.5 Å². The zero-order chi connectivity index (χ0) is 21.0. The van der Waals surface area contributed by atoms with Gasteiger partial charge in [0.15, 0.2) is 6.61 Å². The summed E-state index contributed by atoms with van der Waals surface area (Å²) in [7, 11) is 1.52. The second-order valence-corrected chi connectivity index (χ2v) is 7.62. The molecule has 1 N–H and O–H groups in total. The van der Waals surface area contributed by atoms with Gasteiger partial charge in [0.25, 0.3) is 5.91 Å². The molecule has 0 aromatic heterocycles. The molecule has 7 nitrogen and oxygen atoms in total. The third-order valence-corrected chi connectivity index (χ3v) is 5.62. The number of hydrogen-bond acceptors (Lipinski definition) is 5. The fraction of sp³-hybridized carbons (Fsp3) is 0.250. The quantitative estimate of drug-likeness (QED) is 0.637. The Morgan fingerprint density at radius 3 is 2.76 bits per heavy atom. The fourth-order valence-electron chi connectivity index (χ4n) is 2.98. The maximum Gasteiger partial charge on any atom is 0.311 e. The lowest BCUT2D eigenvalue weighted by Crippen LogP contribution is -2.28. The predicted octanol–water partition coefficient (Wildman–Crippen LogP) is 3.65. The molecule has 1 saturated heterocycles. The molecular formula is C20H18BrClN2O5. The molecule has 0 aliphatic carbocycles. The predicted molar refractivity (Wildman–Crippen MR) is 112 cm³/mol. The van der Waals surface area contributed by atoms with Crippen LogP contribution in [0.2, 0.25) is 5.02 Å². The molecule has 0 spiro atoms. The van der Waals surface area contributed by atoms with E-state index in [0.717, 1.165) is 0 Å². The molecule has 0 saturated carbocycles. The Morgan fingerprint density at radius 1 is 1.28 bits per heavy atom. The molecule has 2 aromatic rings. The number of para-hydroxylation sites is 2. The lowest BCUT2D eigenvalue weighted by atomic mass is 10.1. The Hall–Kier alpha value is -2.58. The van der Waals surface area contributed by atoms with Gasteiger partial charge in [-0.05, 0) is 46.3 Å². The second-order valence-electron chi connectivity index (χ2n) is 6.36. The normalized spacial score (nSPS) is 15.9. The van der Waals surface area contributed by atoms with Gasteiger partial charge in [-0.3, -0.25) is 14.4 Å². The van der Waals surface area contributed by atoms with Crippen LogP contribution in [0.1, 0.15) is 6.42 Å². The van der Waals surface area contributed by atoms with E-state index in [4.69, 9.17) is 21.1 Å². The van der Waals surface area contributed by atoms with Gasteiger partial charge in [0.05, 0.1) is 23.7 Å². The summed E-state index contributed by atoms with van der Waals surface area (Å²) in [5.41, 5.74) is 1.08. The van der Waals surface area contributed by atoms with Crippen molar-refractivity contribution in [3.63, 3.8) is 0 Å². The Balaban J connectivity index is 1.55. The van der Waals surface area contributed by atoms with Crippen LogP contribution in [0.3, 0.4) is 0 Å². The van der Waals surface area contributed by atoms with Crippen molar-refractivity contribution < 1.29 is 23.9 Å². The smallest absolute Gasteiger partial charge is 0.311 e. The van der Waals surface area contributed by atoms with Crippen LogP contribution >= 0.6 is 27.5 Å². The number of hydrogen-bond donors (Lipinski definition) is 1. The van der Waals surface area contributed by atoms with Gasteiger partial charge in [-0.2, -0.15) is 0 Å². The summed E-state index contributed by atoms with van der Waals surface area (Å²) in [4.78, 5) is 38.2. The minimum atomic E-state index is -0.651. The number of benzene rings is 2. The van der Waals surface area contributed by atoms with E-state index < -0.39 is 24.4 Å². The lowest BCUT2D eigenvalue weighted by Gasteiger charge is -2.19. The van der Waals surface area contributed by atoms with Gasteiger partial charge in [0, 0.05) is 23.1 Å². The summed E-state index contributed by atoms with van der Waals surface area (Å²) in [6, 6.07) is 12.0. The summed E-state index contributed by atoms with van der Waals surface area (Å²) < 4.78 is 11.1. The molecule has 29 heavy (non-hydrogen) atoms. The molecule has 152 valence electrons. The average molecular weight is 482 g/mol. The number of nitrogens with one attached hydrogen (secondary N) is 1. The minimum absolute atomic E-state index is 0.0147. The molecule has 9 heteroatoms. The first-order valence-corrected chi connectivity index (χ1v) is 9.91. The average Bonchev–Trinajstić information content (AvgIpc) is 3.10. The van der Waals surface area contributed by atoms with Crippen LogP contribution in [-0.2, 0) is 19.1 Å². The largest absolute Gasteiger partial charge is 0.495 e. The molecule has 2 amide bonds. The van der Waals surface area contributed by atoms with Crippen LogP contribution in [-0.4, -0.2) is 38.0 Å². The van der Waals surface area contributed by atoms with E-state index in [0.29, 0.717) is 26.6 Å². The summed E-state index contributed by atoms with van der Waals surface area (Å²) >= 11 is 9.25. The molecule has 2 aromatic carbocycles. The molecule has 1 atom stereocenters. The molecule has 1 heterocycles. The number of nitrogens with zero attached hydrogens (tertiary/aromatic N) is 1. The highest BCUT2D eigenvalue weighted by atomic mass is 79.9. The third-order valence-electron chi connectivity index (χ3n) is 4.38. The van der Waals surface area contributed by atoms with Crippen molar-refractivity contribution >= 4 is 56.7 Å². The van der Waals surface area contributed by atoms with E-state index in [1.807, 2.05) is 0 Å². The minimum Gasteiger partial charge on any atom is -0.495 e. The van der Waals surface area contributed by atoms with Crippen LogP contribution in [0.5, 0.6) is 5.75 Å². The number of methoxy groups -OCH3 is 1. The molecule has 1 aliphatic rings. The van der Waals surface area contributed by atoms with Crippen LogP contribution in [0.25, 0.3) is 0 Å². The van der Waals surface area contributed by atoms with E-state index in [1.165, 1.54) is 12.0 Å². The number of halogens is 2. The maximum atomic E-state index is 12.4. The Labute approximate surface area is 181 Å². The van der Waals surface area contributed by atoms with Crippen molar-refractivity contribution in [2.45, 2.75) is 6.42 Å². The van der Waals surface area contributed by atoms with E-state index in [9.17, 15) is 14.4 Å². The maximum absolute atomic E-state index is 12.4. The topological polar surface area (TPSA) is 84.9 Å². The molecule has 3 rings (SSSR count). The number of amides is 2. The van der Waals surface area contributed by atoms with Crippen LogP contribution in [0.4, 0.5) is 11.4 Å². The first-order valence-electron chi connectivity index (χ1n) is 8.74. The zero-order valence-electron chi connectivity index (χ0n) is 15.5. The summed E-state index contributed by atoms with van der Waals surface area (Å²) in [6.45, 7) is -0.284. The summed E-state index contributed by atoms with van der Waals surface area (Å²) in [6.07, 6.45) is 0.0147. The molecule has 0 unspecified atom stereocenters. The Bertz CT molecular complexity index is 952. The van der Waals surface area contributed by atoms with Crippen molar-refractivity contribution in [2.75, 3.05) is 30.5 Å². The summed E-state index contributed by atoms with van der Waals surface area (Å²) in [5.74, 6) is -1.41. The van der Waals surface area contributed by atoms with Gasteiger partial charge in [-0.25, -0.2) is 0 Å². The van der Waals surface area contributed by atoms with E-state index >= 15 is 0 Å². The standard InChI is InChI=1S/C20H18BrClN2O5/c1-28-17-5-3-2-4-16(17)24-10-12(8-19(24)26)20(27)29-11-18(25)23-13-6-7-14(21)15(22)9-13/h2-7,9,12H,8,10-11H2,1H3,(H,23,25)/t12-/m1/s1. The van der Waals surface area contributed by atoms with E-state index in [2.05, 4.69) is 21.2 Å². The van der Waals surface area contributed by atoms with Crippen molar-refractivity contribution in [2.24, 2.45) is 5.92 Å². The van der Waals surface area contributed by atoms with Crippen LogP contribution in [0, 0.1) is 5.92 Å².